The Balaban J connectivity index is 1.92. The van der Waals surface area contributed by atoms with E-state index >= 15 is 0 Å². The second-order valence-electron chi connectivity index (χ2n) is 6.98. The van der Waals surface area contributed by atoms with Crippen molar-refractivity contribution in [1.29, 1.82) is 0 Å². The minimum Gasteiger partial charge on any atom is -0.270 e. The summed E-state index contributed by atoms with van der Waals surface area (Å²) >= 11 is 0. The summed E-state index contributed by atoms with van der Waals surface area (Å²) in [7, 11) is 0. The van der Waals surface area contributed by atoms with Gasteiger partial charge in [-0.25, -0.2) is 4.98 Å². The lowest BCUT2D eigenvalue weighted by atomic mass is 10.0. The standard InChI is InChI=1S/C25H20N2O2/c1-17(2)24(28)27(16-18-10-4-3-5-11-18)25(29)23-19-12-6-8-14-21(19)26-22-15-9-7-13-20(22)23/h3-15H,1,16H2,2H3. The maximum Gasteiger partial charge on any atom is 0.262 e. The van der Waals surface area contributed by atoms with Crippen LogP contribution in [-0.4, -0.2) is 21.7 Å². The minimum absolute atomic E-state index is 0.177. The van der Waals surface area contributed by atoms with Gasteiger partial charge in [0.25, 0.3) is 11.8 Å². The van der Waals surface area contributed by atoms with Crippen LogP contribution < -0.4 is 0 Å². The fourth-order valence-electron chi connectivity index (χ4n) is 3.44. The van der Waals surface area contributed by atoms with Gasteiger partial charge >= 0.3 is 0 Å². The molecule has 1 heterocycles. The summed E-state index contributed by atoms with van der Waals surface area (Å²) in [5.41, 5.74) is 3.11. The van der Waals surface area contributed by atoms with Crippen LogP contribution in [0.2, 0.25) is 0 Å². The molecule has 1 aromatic heterocycles. The highest BCUT2D eigenvalue weighted by atomic mass is 16.2. The van der Waals surface area contributed by atoms with Crippen LogP contribution in [0.3, 0.4) is 0 Å². The summed E-state index contributed by atoms with van der Waals surface area (Å²) in [5.74, 6) is -0.736. The Hall–Kier alpha value is -3.79. The Bertz CT molecular complexity index is 1190. The molecule has 3 aromatic carbocycles. The van der Waals surface area contributed by atoms with E-state index in [2.05, 4.69) is 11.6 Å². The SMILES string of the molecule is C=C(C)C(=O)N(Cc1ccccc1)C(=O)c1c2ccccc2nc2ccccc12. The third-order valence-corrected chi connectivity index (χ3v) is 4.84. The molecule has 0 aliphatic heterocycles. The zero-order valence-electron chi connectivity index (χ0n) is 16.1. The summed E-state index contributed by atoms with van der Waals surface area (Å²) in [4.78, 5) is 32.6. The number of benzene rings is 3. The van der Waals surface area contributed by atoms with Crippen molar-refractivity contribution in [2.45, 2.75) is 13.5 Å². The number of amides is 2. The predicted molar refractivity (Wildman–Crippen MR) is 115 cm³/mol. The molecule has 4 heteroatoms. The van der Waals surface area contributed by atoms with Crippen molar-refractivity contribution in [3.63, 3.8) is 0 Å². The number of para-hydroxylation sites is 2. The molecule has 29 heavy (non-hydrogen) atoms. The van der Waals surface area contributed by atoms with Crippen LogP contribution in [0.15, 0.2) is 91.0 Å². The lowest BCUT2D eigenvalue weighted by molar-refractivity contribution is -0.125. The fraction of sp³-hybridized carbons (Fsp3) is 0.0800. The third-order valence-electron chi connectivity index (χ3n) is 4.84. The molecule has 4 rings (SSSR count). The molecule has 0 saturated heterocycles. The van der Waals surface area contributed by atoms with Gasteiger partial charge in [0.05, 0.1) is 23.1 Å². The molecule has 0 aliphatic rings. The quantitative estimate of drug-likeness (QED) is 0.364. The van der Waals surface area contributed by atoms with Crippen LogP contribution in [0.4, 0.5) is 0 Å². The van der Waals surface area contributed by atoms with Gasteiger partial charge in [-0.3, -0.25) is 14.5 Å². The van der Waals surface area contributed by atoms with E-state index in [1.54, 1.807) is 6.92 Å². The van der Waals surface area contributed by atoms with Crippen molar-refractivity contribution >= 4 is 33.6 Å². The van der Waals surface area contributed by atoms with Crippen molar-refractivity contribution in [2.24, 2.45) is 0 Å². The first-order valence-electron chi connectivity index (χ1n) is 9.39. The van der Waals surface area contributed by atoms with Crippen molar-refractivity contribution in [1.82, 2.24) is 9.88 Å². The number of rotatable bonds is 4. The Kier molecular flexibility index (Phi) is 4.92. The Labute approximate surface area is 169 Å². The fourth-order valence-corrected chi connectivity index (χ4v) is 3.44. The summed E-state index contributed by atoms with van der Waals surface area (Å²) in [6, 6.07) is 24.5. The van der Waals surface area contributed by atoms with E-state index in [1.165, 1.54) is 4.90 Å². The second kappa shape index (κ2) is 7.68. The number of carbonyl (C=O) groups is 2. The zero-order valence-corrected chi connectivity index (χ0v) is 16.1. The summed E-state index contributed by atoms with van der Waals surface area (Å²) in [5, 5.41) is 1.45. The van der Waals surface area contributed by atoms with Gasteiger partial charge in [0, 0.05) is 16.3 Å². The Morgan fingerprint density at radius 3 is 1.90 bits per heavy atom. The maximum absolute atomic E-state index is 13.8. The third kappa shape index (κ3) is 3.52. The summed E-state index contributed by atoms with van der Waals surface area (Å²) in [6.45, 7) is 5.56. The first-order chi connectivity index (χ1) is 14.1. The van der Waals surface area contributed by atoms with Crippen molar-refractivity contribution in [3.8, 4) is 0 Å². The molecule has 0 saturated carbocycles. The first kappa shape index (κ1) is 18.6. The maximum atomic E-state index is 13.8. The molecule has 4 nitrogen and oxygen atoms in total. The predicted octanol–water partition coefficient (Wildman–Crippen LogP) is 5.13. The van der Waals surface area contributed by atoms with E-state index in [4.69, 9.17) is 0 Å². The number of hydrogen-bond donors (Lipinski definition) is 0. The molecule has 0 fully saturated rings. The Morgan fingerprint density at radius 1 is 0.828 bits per heavy atom. The van der Waals surface area contributed by atoms with Gasteiger partial charge in [-0.2, -0.15) is 0 Å². The van der Waals surface area contributed by atoms with Gasteiger partial charge in [-0.05, 0) is 24.6 Å². The molecule has 0 radical (unpaired) electrons. The highest BCUT2D eigenvalue weighted by Gasteiger charge is 2.27. The van der Waals surface area contributed by atoms with Crippen LogP contribution in [0, 0.1) is 0 Å². The number of hydrogen-bond acceptors (Lipinski definition) is 3. The molecule has 0 aliphatic carbocycles. The smallest absolute Gasteiger partial charge is 0.262 e. The number of carbonyl (C=O) groups excluding carboxylic acids is 2. The molecule has 0 N–H and O–H groups in total. The van der Waals surface area contributed by atoms with E-state index in [9.17, 15) is 9.59 Å². The molecular formula is C25H20N2O2. The number of nitrogens with zero attached hydrogens (tertiary/aromatic N) is 2. The lowest BCUT2D eigenvalue weighted by Gasteiger charge is -2.23. The molecule has 4 aromatic rings. The van der Waals surface area contributed by atoms with E-state index in [0.717, 1.165) is 27.4 Å². The molecule has 2 amide bonds. The van der Waals surface area contributed by atoms with Crippen LogP contribution in [-0.2, 0) is 11.3 Å². The monoisotopic (exact) mass is 380 g/mol. The van der Waals surface area contributed by atoms with E-state index in [1.807, 2.05) is 78.9 Å². The average molecular weight is 380 g/mol. The second-order valence-corrected chi connectivity index (χ2v) is 6.98. The van der Waals surface area contributed by atoms with E-state index < -0.39 is 0 Å². The van der Waals surface area contributed by atoms with Gasteiger partial charge in [-0.15, -0.1) is 0 Å². The largest absolute Gasteiger partial charge is 0.270 e. The van der Waals surface area contributed by atoms with Crippen LogP contribution in [0.5, 0.6) is 0 Å². The molecule has 142 valence electrons. The normalized spacial score (nSPS) is 10.8. The molecule has 0 atom stereocenters. The lowest BCUT2D eigenvalue weighted by Crippen LogP contribution is -2.37. The minimum atomic E-state index is -0.385. The zero-order chi connectivity index (χ0) is 20.4. The topological polar surface area (TPSA) is 50.3 Å². The Morgan fingerprint density at radius 2 is 1.34 bits per heavy atom. The highest BCUT2D eigenvalue weighted by Crippen LogP contribution is 2.28. The molecule has 0 bridgehead atoms. The van der Waals surface area contributed by atoms with Crippen LogP contribution in [0.25, 0.3) is 21.8 Å². The number of fused-ring (bicyclic) bond motifs is 2. The van der Waals surface area contributed by atoms with Gasteiger partial charge in [0.2, 0.25) is 0 Å². The van der Waals surface area contributed by atoms with Crippen molar-refractivity contribution in [3.05, 3.63) is 102 Å². The average Bonchev–Trinajstić information content (AvgIpc) is 2.75. The van der Waals surface area contributed by atoms with Crippen LogP contribution >= 0.6 is 0 Å². The van der Waals surface area contributed by atoms with Gasteiger partial charge in [-0.1, -0.05) is 73.3 Å². The van der Waals surface area contributed by atoms with E-state index in [0.29, 0.717) is 11.1 Å². The molecular weight excluding hydrogens is 360 g/mol. The first-order valence-corrected chi connectivity index (χ1v) is 9.39. The highest BCUT2D eigenvalue weighted by molar-refractivity contribution is 6.20. The van der Waals surface area contributed by atoms with Crippen molar-refractivity contribution < 1.29 is 9.59 Å². The molecule has 0 spiro atoms. The van der Waals surface area contributed by atoms with Crippen molar-refractivity contribution in [2.75, 3.05) is 0 Å². The number of pyridine rings is 1. The summed E-state index contributed by atoms with van der Waals surface area (Å²) < 4.78 is 0. The van der Waals surface area contributed by atoms with E-state index in [-0.39, 0.29) is 18.4 Å². The van der Waals surface area contributed by atoms with Gasteiger partial charge < -0.3 is 0 Å². The number of aromatic nitrogens is 1. The van der Waals surface area contributed by atoms with Gasteiger partial charge in [0.1, 0.15) is 0 Å². The summed E-state index contributed by atoms with van der Waals surface area (Å²) in [6.07, 6.45) is 0. The van der Waals surface area contributed by atoms with Gasteiger partial charge in [0.15, 0.2) is 0 Å². The molecule has 0 unspecified atom stereocenters. The number of imide groups is 1. The van der Waals surface area contributed by atoms with Crippen LogP contribution in [0.1, 0.15) is 22.8 Å².